The van der Waals surface area contributed by atoms with Gasteiger partial charge in [-0.25, -0.2) is 5.48 Å². The van der Waals surface area contributed by atoms with Crippen LogP contribution in [0.5, 0.6) is 0 Å². The third-order valence-electron chi connectivity index (χ3n) is 3.88. The fourth-order valence-corrected chi connectivity index (χ4v) is 2.72. The van der Waals surface area contributed by atoms with Crippen molar-refractivity contribution in [2.45, 2.75) is 20.8 Å². The summed E-state index contributed by atoms with van der Waals surface area (Å²) in [7, 11) is 0. The Hall–Kier alpha value is -2.86. The number of rotatable bonds is 3. The van der Waals surface area contributed by atoms with Gasteiger partial charge in [0.05, 0.1) is 11.3 Å². The molecule has 0 bridgehead atoms. The van der Waals surface area contributed by atoms with Crippen molar-refractivity contribution in [3.8, 4) is 22.4 Å². The van der Waals surface area contributed by atoms with Crippen molar-refractivity contribution in [2.24, 2.45) is 0 Å². The molecule has 0 spiro atoms. The molecule has 1 amide bonds. The maximum atomic E-state index is 11.6. The lowest BCUT2D eigenvalue weighted by molar-refractivity contribution is 0.0706. The Morgan fingerprint density at radius 1 is 1.17 bits per heavy atom. The predicted molar refractivity (Wildman–Crippen MR) is 85.2 cm³/mol. The normalized spacial score (nSPS) is 10.8. The van der Waals surface area contributed by atoms with Crippen molar-refractivity contribution < 1.29 is 14.5 Å². The molecular formula is C17H17N3O3. The molecule has 0 atom stereocenters. The molecule has 3 N–H and O–H groups in total. The fourth-order valence-electron chi connectivity index (χ4n) is 2.72. The van der Waals surface area contributed by atoms with E-state index in [-0.39, 0.29) is 0 Å². The number of aromatic amines is 1. The monoisotopic (exact) mass is 311 g/mol. The van der Waals surface area contributed by atoms with Gasteiger partial charge < -0.3 is 9.51 Å². The number of nitrogens with one attached hydrogen (secondary N) is 2. The van der Waals surface area contributed by atoms with Crippen LogP contribution in [-0.4, -0.2) is 21.3 Å². The van der Waals surface area contributed by atoms with Gasteiger partial charge in [-0.3, -0.25) is 10.0 Å². The first-order valence-corrected chi connectivity index (χ1v) is 7.19. The van der Waals surface area contributed by atoms with E-state index in [0.717, 1.165) is 33.8 Å². The van der Waals surface area contributed by atoms with E-state index in [1.54, 1.807) is 18.5 Å². The number of hydroxylamine groups is 1. The van der Waals surface area contributed by atoms with E-state index in [1.165, 1.54) is 0 Å². The average molecular weight is 311 g/mol. The second kappa shape index (κ2) is 5.73. The average Bonchev–Trinajstić information content (AvgIpc) is 3.10. The number of hydrogen-bond acceptors (Lipinski definition) is 4. The SMILES string of the molecule is Cc1noc(C)c1-c1ccc(-c2cc(C(=O)NO)c(C)[nH]2)cc1. The Bertz CT molecular complexity index is 840. The Morgan fingerprint density at radius 2 is 1.83 bits per heavy atom. The van der Waals surface area contributed by atoms with Crippen LogP contribution in [0.1, 0.15) is 27.5 Å². The van der Waals surface area contributed by atoms with Crippen molar-refractivity contribution in [3.63, 3.8) is 0 Å². The molecule has 0 saturated heterocycles. The molecule has 2 heterocycles. The lowest BCUT2D eigenvalue weighted by Gasteiger charge is -2.03. The number of aromatic nitrogens is 2. The first-order valence-electron chi connectivity index (χ1n) is 7.19. The zero-order chi connectivity index (χ0) is 16.6. The molecule has 0 fully saturated rings. The van der Waals surface area contributed by atoms with Crippen molar-refractivity contribution in [1.82, 2.24) is 15.6 Å². The summed E-state index contributed by atoms with van der Waals surface area (Å²) >= 11 is 0. The number of carbonyl (C=O) groups is 1. The summed E-state index contributed by atoms with van der Waals surface area (Å²) < 4.78 is 5.20. The number of H-pyrrole nitrogens is 1. The predicted octanol–water partition coefficient (Wildman–Crippen LogP) is 3.38. The quantitative estimate of drug-likeness (QED) is 0.511. The van der Waals surface area contributed by atoms with Crippen LogP contribution < -0.4 is 5.48 Å². The van der Waals surface area contributed by atoms with E-state index in [0.29, 0.717) is 11.3 Å². The van der Waals surface area contributed by atoms with Crippen molar-refractivity contribution in [1.29, 1.82) is 0 Å². The number of benzene rings is 1. The van der Waals surface area contributed by atoms with Gasteiger partial charge >= 0.3 is 0 Å². The third-order valence-corrected chi connectivity index (χ3v) is 3.88. The largest absolute Gasteiger partial charge is 0.361 e. The van der Waals surface area contributed by atoms with Crippen LogP contribution in [-0.2, 0) is 0 Å². The van der Waals surface area contributed by atoms with E-state index in [1.807, 2.05) is 38.1 Å². The highest BCUT2D eigenvalue weighted by atomic mass is 16.5. The van der Waals surface area contributed by atoms with Gasteiger partial charge in [0.1, 0.15) is 5.76 Å². The summed E-state index contributed by atoms with van der Waals surface area (Å²) in [6.07, 6.45) is 0. The summed E-state index contributed by atoms with van der Waals surface area (Å²) in [5.74, 6) is 0.255. The van der Waals surface area contributed by atoms with Gasteiger partial charge in [-0.15, -0.1) is 0 Å². The molecule has 0 aliphatic heterocycles. The first-order chi connectivity index (χ1) is 11.0. The number of carbonyl (C=O) groups excluding carboxylic acids is 1. The summed E-state index contributed by atoms with van der Waals surface area (Å²) in [6.45, 7) is 5.58. The second-order valence-electron chi connectivity index (χ2n) is 5.44. The third kappa shape index (κ3) is 2.64. The number of hydrogen-bond donors (Lipinski definition) is 3. The molecule has 3 aromatic rings. The van der Waals surface area contributed by atoms with E-state index in [9.17, 15) is 4.79 Å². The van der Waals surface area contributed by atoms with Crippen LogP contribution in [0.3, 0.4) is 0 Å². The maximum Gasteiger partial charge on any atom is 0.276 e. The van der Waals surface area contributed by atoms with Crippen molar-refractivity contribution in [2.75, 3.05) is 0 Å². The minimum absolute atomic E-state index is 0.414. The molecule has 0 aliphatic rings. The fraction of sp³-hybridized carbons (Fsp3) is 0.176. The molecule has 6 nitrogen and oxygen atoms in total. The molecule has 0 aliphatic carbocycles. The summed E-state index contributed by atoms with van der Waals surface area (Å²) in [5, 5.41) is 12.7. The smallest absolute Gasteiger partial charge is 0.276 e. The van der Waals surface area contributed by atoms with E-state index < -0.39 is 5.91 Å². The highest BCUT2D eigenvalue weighted by molar-refractivity contribution is 5.96. The van der Waals surface area contributed by atoms with E-state index in [2.05, 4.69) is 10.1 Å². The Balaban J connectivity index is 1.96. The van der Waals surface area contributed by atoms with Crippen LogP contribution in [0.15, 0.2) is 34.9 Å². The zero-order valence-electron chi connectivity index (χ0n) is 13.1. The number of aryl methyl sites for hydroxylation is 3. The minimum Gasteiger partial charge on any atom is -0.361 e. The van der Waals surface area contributed by atoms with Gasteiger partial charge in [-0.1, -0.05) is 29.4 Å². The first kappa shape index (κ1) is 15.1. The van der Waals surface area contributed by atoms with Crippen LogP contribution in [0.25, 0.3) is 22.4 Å². The molecular weight excluding hydrogens is 294 g/mol. The molecule has 0 radical (unpaired) electrons. The molecule has 0 saturated carbocycles. The second-order valence-corrected chi connectivity index (χ2v) is 5.44. The minimum atomic E-state index is -0.530. The highest BCUT2D eigenvalue weighted by Gasteiger charge is 2.14. The Morgan fingerprint density at radius 3 is 2.39 bits per heavy atom. The van der Waals surface area contributed by atoms with E-state index >= 15 is 0 Å². The van der Waals surface area contributed by atoms with Crippen LogP contribution >= 0.6 is 0 Å². The summed E-state index contributed by atoms with van der Waals surface area (Å²) in [5.41, 5.74) is 7.40. The van der Waals surface area contributed by atoms with Gasteiger partial charge in [0.2, 0.25) is 0 Å². The molecule has 1 aromatic carbocycles. The van der Waals surface area contributed by atoms with Crippen LogP contribution in [0.2, 0.25) is 0 Å². The maximum absolute atomic E-state index is 11.6. The number of nitrogens with zero attached hydrogens (tertiary/aromatic N) is 1. The van der Waals surface area contributed by atoms with E-state index in [4.69, 9.17) is 9.73 Å². The highest BCUT2D eigenvalue weighted by Crippen LogP contribution is 2.29. The topological polar surface area (TPSA) is 91.2 Å². The standard InChI is InChI=1S/C17H17N3O3/c1-9-14(17(21)19-22)8-15(18-9)12-4-6-13(7-5-12)16-10(2)20-23-11(16)3/h4-8,18,22H,1-3H3,(H,19,21). The van der Waals surface area contributed by atoms with Crippen LogP contribution in [0.4, 0.5) is 0 Å². The molecule has 6 heteroatoms. The lowest BCUT2D eigenvalue weighted by atomic mass is 10.0. The van der Waals surface area contributed by atoms with Gasteiger partial charge in [-0.2, -0.15) is 0 Å². The van der Waals surface area contributed by atoms with Crippen molar-refractivity contribution in [3.05, 3.63) is 53.0 Å². The molecule has 3 rings (SSSR count). The Labute approximate surface area is 133 Å². The summed E-state index contributed by atoms with van der Waals surface area (Å²) in [4.78, 5) is 14.7. The molecule has 0 unspecified atom stereocenters. The van der Waals surface area contributed by atoms with Crippen molar-refractivity contribution >= 4 is 5.91 Å². The summed E-state index contributed by atoms with van der Waals surface area (Å²) in [6, 6.07) is 9.62. The van der Waals surface area contributed by atoms with Gasteiger partial charge in [0.25, 0.3) is 5.91 Å². The zero-order valence-corrected chi connectivity index (χ0v) is 13.1. The number of amides is 1. The lowest BCUT2D eigenvalue weighted by Crippen LogP contribution is -2.18. The van der Waals surface area contributed by atoms with Gasteiger partial charge in [-0.05, 0) is 38.0 Å². The van der Waals surface area contributed by atoms with Crippen LogP contribution in [0, 0.1) is 20.8 Å². The Kier molecular flexibility index (Phi) is 3.75. The molecule has 2 aromatic heterocycles. The van der Waals surface area contributed by atoms with Gasteiger partial charge in [0, 0.05) is 17.0 Å². The molecule has 23 heavy (non-hydrogen) atoms. The van der Waals surface area contributed by atoms with Gasteiger partial charge in [0.15, 0.2) is 0 Å². The molecule has 118 valence electrons.